The van der Waals surface area contributed by atoms with Crippen LogP contribution in [0.2, 0.25) is 0 Å². The molecule has 0 aliphatic heterocycles. The molecule has 0 saturated heterocycles. The Labute approximate surface area is 310 Å². The molecule has 10 nitrogen and oxygen atoms in total. The third kappa shape index (κ3) is 8.39. The summed E-state index contributed by atoms with van der Waals surface area (Å²) in [5, 5.41) is 0. The van der Waals surface area contributed by atoms with Gasteiger partial charge in [0, 0.05) is 17.1 Å². The second kappa shape index (κ2) is 15.8. The predicted molar refractivity (Wildman–Crippen MR) is 210 cm³/mol. The van der Waals surface area contributed by atoms with Gasteiger partial charge < -0.3 is 0 Å². The monoisotopic (exact) mass is 785 g/mol. The number of para-hydroxylation sites is 3. The SMILES string of the molecule is O=P(N(CS(=O)(=O)c1ccccc1)c1ccccc1)(N(CS(=O)(=O)c1ccccc1)c1ccccc1)N(CS(=O)(=O)c1ccccc1)c1ccccc1. The highest BCUT2D eigenvalue weighted by atomic mass is 32.2. The van der Waals surface area contributed by atoms with Crippen LogP contribution in [0.15, 0.2) is 197 Å². The molecule has 0 heterocycles. The van der Waals surface area contributed by atoms with Gasteiger partial charge in [0.1, 0.15) is 17.6 Å². The summed E-state index contributed by atoms with van der Waals surface area (Å²) in [7, 11) is -17.9. The molecule has 53 heavy (non-hydrogen) atoms. The number of nitrogens with zero attached hydrogens (tertiary/aromatic N) is 3. The molecule has 0 aliphatic rings. The number of benzene rings is 6. The number of hydrogen-bond donors (Lipinski definition) is 0. The Bertz CT molecular complexity index is 2220. The van der Waals surface area contributed by atoms with E-state index in [1.54, 1.807) is 146 Å². The summed E-state index contributed by atoms with van der Waals surface area (Å²) in [6.45, 7) is 0. The zero-order valence-electron chi connectivity index (χ0n) is 28.3. The average Bonchev–Trinajstić information content (AvgIpc) is 3.20. The average molecular weight is 786 g/mol. The molecule has 0 bridgehead atoms. The Morgan fingerprint density at radius 3 is 0.717 bits per heavy atom. The first-order valence-corrected chi connectivity index (χ1v) is 22.9. The molecule has 6 rings (SSSR count). The molecule has 6 aromatic rings. The van der Waals surface area contributed by atoms with Crippen LogP contribution in [0.4, 0.5) is 17.1 Å². The quantitative estimate of drug-likeness (QED) is 0.0948. The number of anilines is 3. The molecule has 0 aliphatic carbocycles. The van der Waals surface area contributed by atoms with Gasteiger partial charge in [-0.05, 0) is 72.8 Å². The van der Waals surface area contributed by atoms with E-state index in [9.17, 15) is 25.3 Å². The summed E-state index contributed by atoms with van der Waals surface area (Å²) >= 11 is 0. The number of sulfone groups is 3. The Morgan fingerprint density at radius 1 is 0.321 bits per heavy atom. The fraction of sp³-hybridized carbons (Fsp3) is 0.0769. The van der Waals surface area contributed by atoms with Crippen molar-refractivity contribution in [3.63, 3.8) is 0 Å². The van der Waals surface area contributed by atoms with Gasteiger partial charge >= 0.3 is 7.59 Å². The van der Waals surface area contributed by atoms with Gasteiger partial charge in [0.05, 0.1) is 14.7 Å². The second-order valence-electron chi connectivity index (χ2n) is 11.9. The summed E-state index contributed by atoms with van der Waals surface area (Å²) < 4.78 is 107. The molecule has 0 N–H and O–H groups in total. The van der Waals surface area contributed by atoms with E-state index in [1.807, 2.05) is 0 Å². The Balaban J connectivity index is 1.69. The maximum absolute atomic E-state index is 17.0. The third-order valence-corrected chi connectivity index (χ3v) is 16.6. The van der Waals surface area contributed by atoms with E-state index in [1.165, 1.54) is 36.4 Å². The summed E-state index contributed by atoms with van der Waals surface area (Å²) in [5.41, 5.74) is 0.434. The van der Waals surface area contributed by atoms with E-state index >= 15 is 4.57 Å². The first kappa shape index (κ1) is 37.6. The first-order chi connectivity index (χ1) is 25.4. The Kier molecular flexibility index (Phi) is 11.2. The maximum atomic E-state index is 17.0. The van der Waals surface area contributed by atoms with E-state index in [2.05, 4.69) is 0 Å². The van der Waals surface area contributed by atoms with Gasteiger partial charge in [0.15, 0.2) is 29.5 Å². The van der Waals surface area contributed by atoms with E-state index < -0.39 is 54.7 Å². The topological polar surface area (TPSA) is 129 Å². The smallest absolute Gasteiger partial charge is 0.275 e. The van der Waals surface area contributed by atoms with Crippen LogP contribution in [-0.2, 0) is 34.1 Å². The molecule has 272 valence electrons. The highest BCUT2D eigenvalue weighted by molar-refractivity contribution is 7.93. The van der Waals surface area contributed by atoms with E-state index in [0.717, 1.165) is 14.0 Å². The number of rotatable bonds is 15. The lowest BCUT2D eigenvalue weighted by atomic mass is 10.3. The Hall–Kier alpha value is -5.20. The lowest BCUT2D eigenvalue weighted by molar-refractivity contribution is 0.561. The van der Waals surface area contributed by atoms with Gasteiger partial charge in [-0.1, -0.05) is 109 Å². The molecular weight excluding hydrogens is 750 g/mol. The minimum Gasteiger partial charge on any atom is -0.275 e. The lowest BCUT2D eigenvalue weighted by Gasteiger charge is -2.46. The zero-order valence-corrected chi connectivity index (χ0v) is 31.7. The summed E-state index contributed by atoms with van der Waals surface area (Å²) in [5.74, 6) is -2.74. The van der Waals surface area contributed by atoms with Crippen molar-refractivity contribution < 1.29 is 29.8 Å². The van der Waals surface area contributed by atoms with Crippen molar-refractivity contribution in [3.05, 3.63) is 182 Å². The van der Waals surface area contributed by atoms with E-state index in [0.29, 0.717) is 0 Å². The maximum Gasteiger partial charge on any atom is 0.363 e. The van der Waals surface area contributed by atoms with Crippen LogP contribution >= 0.6 is 7.59 Å². The summed E-state index contributed by atoms with van der Waals surface area (Å²) in [4.78, 5) is -0.212. The minimum atomic E-state index is -5.00. The molecule has 0 radical (unpaired) electrons. The van der Waals surface area contributed by atoms with Crippen molar-refractivity contribution in [1.82, 2.24) is 0 Å². The van der Waals surface area contributed by atoms with Gasteiger partial charge in [-0.15, -0.1) is 0 Å². The van der Waals surface area contributed by atoms with Crippen LogP contribution in [0.1, 0.15) is 0 Å². The molecule has 0 fully saturated rings. The predicted octanol–water partition coefficient (Wildman–Crippen LogP) is 7.91. The fourth-order valence-electron chi connectivity index (χ4n) is 5.68. The van der Waals surface area contributed by atoms with Gasteiger partial charge in [-0.2, -0.15) is 0 Å². The highest BCUT2D eigenvalue weighted by Gasteiger charge is 2.49. The highest BCUT2D eigenvalue weighted by Crippen LogP contribution is 2.62. The van der Waals surface area contributed by atoms with Crippen molar-refractivity contribution in [2.45, 2.75) is 14.7 Å². The third-order valence-electron chi connectivity index (χ3n) is 8.29. The molecule has 6 aromatic carbocycles. The van der Waals surface area contributed by atoms with Gasteiger partial charge in [0.2, 0.25) is 0 Å². The van der Waals surface area contributed by atoms with Crippen molar-refractivity contribution in [1.29, 1.82) is 0 Å². The number of hydrogen-bond acceptors (Lipinski definition) is 7. The fourth-order valence-corrected chi connectivity index (χ4v) is 14.5. The van der Waals surface area contributed by atoms with Gasteiger partial charge in [0.25, 0.3) is 0 Å². The van der Waals surface area contributed by atoms with Crippen LogP contribution < -0.4 is 14.0 Å². The zero-order chi connectivity index (χ0) is 37.5. The first-order valence-electron chi connectivity index (χ1n) is 16.3. The largest absolute Gasteiger partial charge is 0.363 e. The van der Waals surface area contributed by atoms with Crippen molar-refractivity contribution >= 4 is 54.2 Å². The molecule has 0 amide bonds. The molecule has 0 saturated carbocycles. The minimum absolute atomic E-state index is 0.0705. The van der Waals surface area contributed by atoms with Crippen LogP contribution in [-0.4, -0.2) is 42.9 Å². The molecule has 0 aromatic heterocycles. The van der Waals surface area contributed by atoms with Gasteiger partial charge in [-0.25, -0.2) is 29.8 Å². The van der Waals surface area contributed by atoms with Crippen LogP contribution in [0.5, 0.6) is 0 Å². The molecule has 0 atom stereocenters. The van der Waals surface area contributed by atoms with Gasteiger partial charge in [-0.3, -0.25) is 14.0 Å². The van der Waals surface area contributed by atoms with E-state index in [4.69, 9.17) is 0 Å². The molecule has 0 spiro atoms. The summed E-state index contributed by atoms with van der Waals surface area (Å²) in [6, 6.07) is 47.0. The van der Waals surface area contributed by atoms with Crippen LogP contribution in [0, 0.1) is 0 Å². The standard InChI is InChI=1S/C39H36N3O7PS3/c43-50(40(34-19-7-1-8-20-34)31-51(44,45)37-25-13-4-14-26-37,41(35-21-9-2-10-22-35)32-52(46,47)38-27-15-5-16-28-38)42(36-23-11-3-12-24-36)33-53(48,49)39-29-17-6-18-30-39/h1-30H,31-33H2. The van der Waals surface area contributed by atoms with Crippen molar-refractivity contribution in [2.75, 3.05) is 31.6 Å². The molecule has 0 unspecified atom stereocenters. The van der Waals surface area contributed by atoms with Crippen molar-refractivity contribution in [2.24, 2.45) is 0 Å². The van der Waals surface area contributed by atoms with E-state index in [-0.39, 0.29) is 31.7 Å². The Morgan fingerprint density at radius 2 is 0.509 bits per heavy atom. The van der Waals surface area contributed by atoms with Crippen LogP contribution in [0.25, 0.3) is 0 Å². The molecule has 14 heteroatoms. The van der Waals surface area contributed by atoms with Crippen LogP contribution in [0.3, 0.4) is 0 Å². The normalized spacial score (nSPS) is 12.2. The second-order valence-corrected chi connectivity index (χ2v) is 20.2. The summed E-state index contributed by atoms with van der Waals surface area (Å²) in [6.07, 6.45) is 0. The van der Waals surface area contributed by atoms with Crippen molar-refractivity contribution in [3.8, 4) is 0 Å². The molecular formula is C39H36N3O7PS3. The lowest BCUT2D eigenvalue weighted by Crippen LogP contribution is -2.46.